The first-order valence-electron chi connectivity index (χ1n) is 9.95. The van der Waals surface area contributed by atoms with Crippen LogP contribution in [0.3, 0.4) is 0 Å². The number of imidazole rings is 1. The van der Waals surface area contributed by atoms with E-state index in [0.717, 1.165) is 37.9 Å². The summed E-state index contributed by atoms with van der Waals surface area (Å²) in [6.07, 6.45) is 7.63. The van der Waals surface area contributed by atoms with Gasteiger partial charge in [0.25, 0.3) is 5.91 Å². The van der Waals surface area contributed by atoms with E-state index in [1.807, 2.05) is 9.80 Å². The van der Waals surface area contributed by atoms with Crippen LogP contribution in [0, 0.1) is 19.3 Å². The molecule has 0 saturated carbocycles. The molecule has 0 aliphatic carbocycles. The number of likely N-dealkylation sites (tertiary alicyclic amines) is 2. The van der Waals surface area contributed by atoms with E-state index in [9.17, 15) is 9.59 Å². The average Bonchev–Trinajstić information content (AvgIpc) is 3.32. The number of hydrogen-bond acceptors (Lipinski definition) is 5. The number of aryl methyl sites for hydroxylation is 2. The number of nitrogens with zero attached hydrogens (tertiary/aromatic N) is 4. The Morgan fingerprint density at radius 2 is 2.18 bits per heavy atom. The summed E-state index contributed by atoms with van der Waals surface area (Å²) < 4.78 is 5.18. The van der Waals surface area contributed by atoms with Gasteiger partial charge in [0.05, 0.1) is 12.0 Å². The van der Waals surface area contributed by atoms with Gasteiger partial charge in [-0.2, -0.15) is 0 Å². The molecule has 2 fully saturated rings. The third kappa shape index (κ3) is 3.55. The molecule has 2 aromatic rings. The Kier molecular flexibility index (Phi) is 4.95. The van der Waals surface area contributed by atoms with Gasteiger partial charge in [0.1, 0.15) is 11.3 Å². The largest absolute Gasteiger partial charge is 0.361 e. The molecule has 1 N–H and O–H groups in total. The SMILES string of the molecule is Cc1noc(C)c1C(=O)N1CCC[C@]2(CCC(=O)N(CCc3cnc[nH]3)C2)C1. The van der Waals surface area contributed by atoms with Gasteiger partial charge in [0, 0.05) is 56.3 Å². The summed E-state index contributed by atoms with van der Waals surface area (Å²) in [6, 6.07) is 0. The molecule has 0 unspecified atom stereocenters. The Balaban J connectivity index is 1.46. The molecule has 0 radical (unpaired) electrons. The number of rotatable bonds is 4. The molecule has 2 aliphatic rings. The van der Waals surface area contributed by atoms with Crippen molar-refractivity contribution in [3.05, 3.63) is 35.2 Å². The zero-order chi connectivity index (χ0) is 19.7. The van der Waals surface area contributed by atoms with Crippen molar-refractivity contribution in [3.8, 4) is 0 Å². The van der Waals surface area contributed by atoms with E-state index < -0.39 is 0 Å². The predicted molar refractivity (Wildman–Crippen MR) is 102 cm³/mol. The number of H-pyrrole nitrogens is 1. The zero-order valence-electron chi connectivity index (χ0n) is 16.5. The molecule has 0 bridgehead atoms. The minimum absolute atomic E-state index is 0.00349. The fourth-order valence-electron chi connectivity index (χ4n) is 4.64. The highest BCUT2D eigenvalue weighted by Crippen LogP contribution is 2.39. The predicted octanol–water partition coefficient (Wildman–Crippen LogP) is 2.10. The molecular formula is C20H27N5O3. The number of carbonyl (C=O) groups is 2. The maximum Gasteiger partial charge on any atom is 0.259 e. The van der Waals surface area contributed by atoms with Gasteiger partial charge in [-0.15, -0.1) is 0 Å². The van der Waals surface area contributed by atoms with Gasteiger partial charge in [0.2, 0.25) is 5.91 Å². The van der Waals surface area contributed by atoms with Crippen LogP contribution in [0.1, 0.15) is 53.2 Å². The molecule has 1 atom stereocenters. The number of carbonyl (C=O) groups excluding carboxylic acids is 2. The summed E-state index contributed by atoms with van der Waals surface area (Å²) in [7, 11) is 0. The monoisotopic (exact) mass is 385 g/mol. The summed E-state index contributed by atoms with van der Waals surface area (Å²) in [6.45, 7) is 6.41. The van der Waals surface area contributed by atoms with E-state index in [0.29, 0.717) is 43.1 Å². The van der Waals surface area contributed by atoms with Crippen molar-refractivity contribution >= 4 is 11.8 Å². The van der Waals surface area contributed by atoms with Crippen LogP contribution in [-0.4, -0.2) is 62.9 Å². The van der Waals surface area contributed by atoms with Crippen molar-refractivity contribution in [2.24, 2.45) is 5.41 Å². The van der Waals surface area contributed by atoms with Crippen molar-refractivity contribution in [1.29, 1.82) is 0 Å². The molecule has 2 amide bonds. The van der Waals surface area contributed by atoms with Gasteiger partial charge in [-0.25, -0.2) is 4.98 Å². The number of amides is 2. The summed E-state index contributed by atoms with van der Waals surface area (Å²) >= 11 is 0. The minimum Gasteiger partial charge on any atom is -0.361 e. The van der Waals surface area contributed by atoms with Crippen LogP contribution in [0.5, 0.6) is 0 Å². The molecule has 8 nitrogen and oxygen atoms in total. The summed E-state index contributed by atoms with van der Waals surface area (Å²) in [5.41, 5.74) is 2.24. The molecule has 2 aromatic heterocycles. The lowest BCUT2D eigenvalue weighted by molar-refractivity contribution is -0.138. The van der Waals surface area contributed by atoms with Crippen LogP contribution in [0.15, 0.2) is 17.0 Å². The van der Waals surface area contributed by atoms with Gasteiger partial charge in [0.15, 0.2) is 0 Å². The maximum absolute atomic E-state index is 13.1. The first-order valence-corrected chi connectivity index (χ1v) is 9.95. The second-order valence-electron chi connectivity index (χ2n) is 8.17. The first kappa shape index (κ1) is 18.7. The standard InChI is InChI=1S/C20H27N5O3/c1-14-18(15(2)28-23-14)19(27)25-8-3-6-20(12-25)7-4-17(26)24(11-20)9-5-16-10-21-13-22-16/h10,13H,3-9,11-12H2,1-2H3,(H,21,22)/t20-/m1/s1. The molecule has 1 spiro atoms. The van der Waals surface area contributed by atoms with Crippen molar-refractivity contribution in [2.75, 3.05) is 26.2 Å². The smallest absolute Gasteiger partial charge is 0.259 e. The third-order valence-electron chi connectivity index (χ3n) is 6.15. The second kappa shape index (κ2) is 7.41. The molecule has 8 heteroatoms. The van der Waals surface area contributed by atoms with E-state index in [4.69, 9.17) is 4.52 Å². The lowest BCUT2D eigenvalue weighted by Crippen LogP contribution is -2.55. The Bertz CT molecular complexity index is 840. The quantitative estimate of drug-likeness (QED) is 0.870. The zero-order valence-corrected chi connectivity index (χ0v) is 16.5. The molecule has 0 aromatic carbocycles. The Morgan fingerprint density at radius 3 is 2.89 bits per heavy atom. The van der Waals surface area contributed by atoms with E-state index >= 15 is 0 Å². The third-order valence-corrected chi connectivity index (χ3v) is 6.15. The van der Waals surface area contributed by atoms with Gasteiger partial charge in [-0.05, 0) is 33.1 Å². The van der Waals surface area contributed by atoms with Crippen molar-refractivity contribution in [3.63, 3.8) is 0 Å². The van der Waals surface area contributed by atoms with Crippen molar-refractivity contribution < 1.29 is 14.1 Å². The van der Waals surface area contributed by atoms with Crippen LogP contribution < -0.4 is 0 Å². The summed E-state index contributed by atoms with van der Waals surface area (Å²) in [4.78, 5) is 36.6. The Morgan fingerprint density at radius 1 is 1.32 bits per heavy atom. The van der Waals surface area contributed by atoms with Crippen molar-refractivity contribution in [1.82, 2.24) is 24.9 Å². The number of hydrogen-bond donors (Lipinski definition) is 1. The topological polar surface area (TPSA) is 95.3 Å². The highest BCUT2D eigenvalue weighted by Gasteiger charge is 2.43. The molecule has 4 rings (SSSR count). The van der Waals surface area contributed by atoms with Crippen molar-refractivity contribution in [2.45, 2.75) is 46.0 Å². The fraction of sp³-hybridized carbons (Fsp3) is 0.600. The average molecular weight is 385 g/mol. The van der Waals surface area contributed by atoms with Crippen LogP contribution in [0.25, 0.3) is 0 Å². The highest BCUT2D eigenvalue weighted by molar-refractivity contribution is 5.96. The van der Waals surface area contributed by atoms with E-state index in [-0.39, 0.29) is 17.2 Å². The Hall–Kier alpha value is -2.64. The maximum atomic E-state index is 13.1. The Labute approximate surface area is 164 Å². The number of aromatic amines is 1. The number of aromatic nitrogens is 3. The van der Waals surface area contributed by atoms with Gasteiger partial charge in [-0.1, -0.05) is 5.16 Å². The van der Waals surface area contributed by atoms with E-state index in [1.54, 1.807) is 26.4 Å². The van der Waals surface area contributed by atoms with Crippen LogP contribution in [0.2, 0.25) is 0 Å². The van der Waals surface area contributed by atoms with E-state index in [2.05, 4.69) is 15.1 Å². The van der Waals surface area contributed by atoms with Gasteiger partial charge >= 0.3 is 0 Å². The molecule has 4 heterocycles. The lowest BCUT2D eigenvalue weighted by atomic mass is 9.73. The van der Waals surface area contributed by atoms with Gasteiger partial charge < -0.3 is 19.3 Å². The van der Waals surface area contributed by atoms with Gasteiger partial charge in [-0.3, -0.25) is 9.59 Å². The number of piperidine rings is 2. The number of nitrogens with one attached hydrogen (secondary N) is 1. The highest BCUT2D eigenvalue weighted by atomic mass is 16.5. The first-order chi connectivity index (χ1) is 13.5. The van der Waals surface area contributed by atoms with E-state index in [1.165, 1.54) is 0 Å². The lowest BCUT2D eigenvalue weighted by Gasteiger charge is -2.48. The van der Waals surface area contributed by atoms with Crippen LogP contribution >= 0.6 is 0 Å². The summed E-state index contributed by atoms with van der Waals surface area (Å²) in [5, 5.41) is 3.92. The molecular weight excluding hydrogens is 358 g/mol. The molecule has 28 heavy (non-hydrogen) atoms. The summed E-state index contributed by atoms with van der Waals surface area (Å²) in [5.74, 6) is 0.776. The normalized spacial score (nSPS) is 22.9. The minimum atomic E-state index is -0.0191. The molecule has 2 aliphatic heterocycles. The fourth-order valence-corrected chi connectivity index (χ4v) is 4.64. The second-order valence-corrected chi connectivity index (χ2v) is 8.17. The molecule has 2 saturated heterocycles. The van der Waals surface area contributed by atoms with Crippen LogP contribution in [-0.2, 0) is 11.2 Å². The molecule has 150 valence electrons. The van der Waals surface area contributed by atoms with Crippen LogP contribution in [0.4, 0.5) is 0 Å².